The zero-order valence-corrected chi connectivity index (χ0v) is 16.9. The fourth-order valence-corrected chi connectivity index (χ4v) is 3.65. The number of halogens is 4. The number of anilines is 2. The van der Waals surface area contributed by atoms with Crippen molar-refractivity contribution in [3.63, 3.8) is 0 Å². The van der Waals surface area contributed by atoms with Crippen molar-refractivity contribution >= 4 is 23.2 Å². The Kier molecular flexibility index (Phi) is 7.91. The molecule has 10 heteroatoms. The molecule has 2 aromatic carbocycles. The molecule has 6 nitrogen and oxygen atoms in total. The highest BCUT2D eigenvalue weighted by molar-refractivity contribution is 5.95. The molecule has 2 N–H and O–H groups in total. The number of nitrogens with one attached hydrogen (secondary N) is 2. The third kappa shape index (κ3) is 6.86. The van der Waals surface area contributed by atoms with Gasteiger partial charge in [0.1, 0.15) is 11.5 Å². The average molecular weight is 454 g/mol. The van der Waals surface area contributed by atoms with E-state index in [2.05, 4.69) is 20.1 Å². The maximum absolute atomic E-state index is 12.7. The Labute approximate surface area is 181 Å². The topological polar surface area (TPSA) is 76.7 Å². The van der Waals surface area contributed by atoms with Crippen molar-refractivity contribution in [1.82, 2.24) is 0 Å². The van der Waals surface area contributed by atoms with Gasteiger partial charge in [0, 0.05) is 35.3 Å². The molecule has 0 aromatic heterocycles. The number of hydrogen-bond donors (Lipinski definition) is 2. The summed E-state index contributed by atoms with van der Waals surface area (Å²) < 4.78 is 58.1. The molecule has 1 aliphatic rings. The molecular weight excluding hydrogens is 432 g/mol. The monoisotopic (exact) mass is 454 g/mol. The number of benzene rings is 2. The van der Waals surface area contributed by atoms with Crippen molar-refractivity contribution in [2.75, 3.05) is 10.6 Å². The standard InChI is InChI=1S/C22H22F4N2O4/c23-21(24)31-17-8-2-6-15(11-17)27-19(29)13-4-1-5-14(10-13)20(30)28-16-7-3-9-18(12-16)32-22(25)26/h2-3,6-9,11-14,21-22H,1,4-5,10H2,(H,27,29)(H,28,30). The van der Waals surface area contributed by atoms with Gasteiger partial charge in [-0.3, -0.25) is 9.59 Å². The molecule has 2 atom stereocenters. The number of alkyl halides is 4. The summed E-state index contributed by atoms with van der Waals surface area (Å²) in [6.07, 6.45) is 2.12. The van der Waals surface area contributed by atoms with Crippen LogP contribution in [0.4, 0.5) is 28.9 Å². The number of amides is 2. The lowest BCUT2D eigenvalue weighted by Gasteiger charge is -2.27. The van der Waals surface area contributed by atoms with Crippen LogP contribution >= 0.6 is 0 Å². The van der Waals surface area contributed by atoms with E-state index in [4.69, 9.17) is 0 Å². The lowest BCUT2D eigenvalue weighted by Crippen LogP contribution is -2.33. The molecule has 2 amide bonds. The van der Waals surface area contributed by atoms with Gasteiger partial charge in [0.15, 0.2) is 0 Å². The second kappa shape index (κ2) is 10.8. The Balaban J connectivity index is 1.57. The van der Waals surface area contributed by atoms with Gasteiger partial charge in [-0.05, 0) is 43.5 Å². The predicted octanol–water partition coefficient (Wildman–Crippen LogP) is 5.27. The summed E-state index contributed by atoms with van der Waals surface area (Å²) in [6, 6.07) is 11.4. The minimum atomic E-state index is -2.97. The zero-order chi connectivity index (χ0) is 23.1. The van der Waals surface area contributed by atoms with E-state index >= 15 is 0 Å². The fourth-order valence-electron chi connectivity index (χ4n) is 3.65. The van der Waals surface area contributed by atoms with Gasteiger partial charge in [-0.25, -0.2) is 0 Å². The summed E-state index contributed by atoms with van der Waals surface area (Å²) >= 11 is 0. The van der Waals surface area contributed by atoms with E-state index < -0.39 is 25.1 Å². The molecule has 0 heterocycles. The first kappa shape index (κ1) is 23.4. The molecule has 1 aliphatic carbocycles. The summed E-state index contributed by atoms with van der Waals surface area (Å²) in [7, 11) is 0. The van der Waals surface area contributed by atoms with Gasteiger partial charge in [-0.15, -0.1) is 0 Å². The highest BCUT2D eigenvalue weighted by atomic mass is 19.3. The Morgan fingerprint density at radius 1 is 0.781 bits per heavy atom. The Hall–Kier alpha value is -3.30. The van der Waals surface area contributed by atoms with Crippen molar-refractivity contribution in [2.45, 2.75) is 38.9 Å². The molecule has 32 heavy (non-hydrogen) atoms. The van der Waals surface area contributed by atoms with Crippen molar-refractivity contribution in [1.29, 1.82) is 0 Å². The van der Waals surface area contributed by atoms with Crippen LogP contribution in [0, 0.1) is 11.8 Å². The molecule has 0 spiro atoms. The first-order valence-corrected chi connectivity index (χ1v) is 10.0. The highest BCUT2D eigenvalue weighted by Crippen LogP contribution is 2.32. The largest absolute Gasteiger partial charge is 0.435 e. The quantitative estimate of drug-likeness (QED) is 0.533. The highest BCUT2D eigenvalue weighted by Gasteiger charge is 2.31. The van der Waals surface area contributed by atoms with E-state index in [1.54, 1.807) is 12.1 Å². The van der Waals surface area contributed by atoms with Crippen LogP contribution in [0.1, 0.15) is 25.7 Å². The summed E-state index contributed by atoms with van der Waals surface area (Å²) in [5, 5.41) is 5.35. The number of rotatable bonds is 8. The summed E-state index contributed by atoms with van der Waals surface area (Å²) in [5.41, 5.74) is 0.631. The number of ether oxygens (including phenoxy) is 2. The summed E-state index contributed by atoms with van der Waals surface area (Å²) in [5.74, 6) is -1.65. The van der Waals surface area contributed by atoms with Crippen molar-refractivity contribution in [2.24, 2.45) is 11.8 Å². The van der Waals surface area contributed by atoms with Crippen molar-refractivity contribution < 1.29 is 36.6 Å². The van der Waals surface area contributed by atoms with E-state index in [-0.39, 0.29) is 23.3 Å². The second-order valence-corrected chi connectivity index (χ2v) is 7.35. The number of carbonyl (C=O) groups is 2. The van der Waals surface area contributed by atoms with Crippen LogP contribution in [0.5, 0.6) is 11.5 Å². The molecule has 0 aliphatic heterocycles. The third-order valence-corrected chi connectivity index (χ3v) is 5.07. The SMILES string of the molecule is O=C(Nc1cccc(OC(F)F)c1)C1CCCC(C(=O)Nc2cccc(OC(F)F)c2)C1. The number of hydrogen-bond acceptors (Lipinski definition) is 4. The van der Waals surface area contributed by atoms with E-state index in [0.717, 1.165) is 0 Å². The van der Waals surface area contributed by atoms with Crippen LogP contribution in [0.2, 0.25) is 0 Å². The molecule has 172 valence electrons. The minimum absolute atomic E-state index is 0.0725. The molecule has 0 saturated heterocycles. The lowest BCUT2D eigenvalue weighted by atomic mass is 9.80. The van der Waals surface area contributed by atoms with E-state index in [9.17, 15) is 27.2 Å². The maximum Gasteiger partial charge on any atom is 0.387 e. The van der Waals surface area contributed by atoms with Crippen molar-refractivity contribution in [3.05, 3.63) is 48.5 Å². The Morgan fingerprint density at radius 3 is 1.62 bits per heavy atom. The fraction of sp³-hybridized carbons (Fsp3) is 0.364. The van der Waals surface area contributed by atoms with Gasteiger partial charge in [-0.1, -0.05) is 18.6 Å². The van der Waals surface area contributed by atoms with E-state index in [0.29, 0.717) is 37.1 Å². The smallest absolute Gasteiger partial charge is 0.387 e. The van der Waals surface area contributed by atoms with Crippen LogP contribution in [0.3, 0.4) is 0 Å². The van der Waals surface area contributed by atoms with Crippen LogP contribution in [-0.4, -0.2) is 25.0 Å². The second-order valence-electron chi connectivity index (χ2n) is 7.35. The van der Waals surface area contributed by atoms with Crippen LogP contribution < -0.4 is 20.1 Å². The van der Waals surface area contributed by atoms with Gasteiger partial charge in [0.25, 0.3) is 0 Å². The first-order valence-electron chi connectivity index (χ1n) is 10.0. The molecule has 1 fully saturated rings. The lowest BCUT2D eigenvalue weighted by molar-refractivity contribution is -0.124. The molecular formula is C22H22F4N2O4. The van der Waals surface area contributed by atoms with Crippen LogP contribution in [0.15, 0.2) is 48.5 Å². The van der Waals surface area contributed by atoms with Crippen LogP contribution in [0.25, 0.3) is 0 Å². The Bertz CT molecular complexity index is 868. The van der Waals surface area contributed by atoms with E-state index in [1.165, 1.54) is 36.4 Å². The minimum Gasteiger partial charge on any atom is -0.435 e. The first-order chi connectivity index (χ1) is 15.3. The van der Waals surface area contributed by atoms with Gasteiger partial charge < -0.3 is 20.1 Å². The molecule has 0 bridgehead atoms. The molecule has 2 aromatic rings. The van der Waals surface area contributed by atoms with Gasteiger partial charge in [0.2, 0.25) is 11.8 Å². The molecule has 2 unspecified atom stereocenters. The zero-order valence-electron chi connectivity index (χ0n) is 16.9. The molecule has 3 rings (SSSR count). The van der Waals surface area contributed by atoms with Gasteiger partial charge in [-0.2, -0.15) is 17.6 Å². The van der Waals surface area contributed by atoms with Crippen LogP contribution in [-0.2, 0) is 9.59 Å². The van der Waals surface area contributed by atoms with Gasteiger partial charge in [0.05, 0.1) is 0 Å². The average Bonchev–Trinajstić information content (AvgIpc) is 2.73. The van der Waals surface area contributed by atoms with Gasteiger partial charge >= 0.3 is 13.2 Å². The molecule has 0 radical (unpaired) electrons. The summed E-state index contributed by atoms with van der Waals surface area (Å²) in [6.45, 7) is -5.94. The normalized spacial score (nSPS) is 18.3. The Morgan fingerprint density at radius 2 is 1.22 bits per heavy atom. The third-order valence-electron chi connectivity index (χ3n) is 5.07. The maximum atomic E-state index is 12.7. The van der Waals surface area contributed by atoms with Crippen molar-refractivity contribution in [3.8, 4) is 11.5 Å². The van der Waals surface area contributed by atoms with E-state index in [1.807, 2.05) is 0 Å². The predicted molar refractivity (Wildman–Crippen MR) is 109 cm³/mol. The molecule has 1 saturated carbocycles. The number of carbonyl (C=O) groups excluding carboxylic acids is 2. The summed E-state index contributed by atoms with van der Waals surface area (Å²) in [4.78, 5) is 25.3.